The zero-order valence-electron chi connectivity index (χ0n) is 12.7. The van der Waals surface area contributed by atoms with Crippen molar-refractivity contribution in [2.24, 2.45) is 15.9 Å². The number of hydrogen-bond acceptors (Lipinski definition) is 2. The summed E-state index contributed by atoms with van der Waals surface area (Å²) in [5.74, 6) is 1.40. The van der Waals surface area contributed by atoms with Crippen LogP contribution in [0.2, 0.25) is 0 Å². The van der Waals surface area contributed by atoms with E-state index in [1.807, 2.05) is 0 Å². The molecule has 1 saturated carbocycles. The SMILES string of the molecule is CC/C=C1/CCCCC1=NC1=NC2=CCCC=C2C1C. The number of allylic oxidation sites excluding steroid dienone is 5. The van der Waals surface area contributed by atoms with Gasteiger partial charge in [0.05, 0.1) is 5.70 Å². The number of nitrogens with zero attached hydrogens (tertiary/aromatic N) is 2. The Kier molecular flexibility index (Phi) is 4.00. The first kappa shape index (κ1) is 13.5. The quantitative estimate of drug-likeness (QED) is 0.640. The van der Waals surface area contributed by atoms with Crippen LogP contribution in [0.3, 0.4) is 0 Å². The molecule has 0 bridgehead atoms. The Labute approximate surface area is 122 Å². The molecule has 0 aromatic carbocycles. The number of rotatable bonds is 1. The zero-order valence-corrected chi connectivity index (χ0v) is 12.7. The fourth-order valence-electron chi connectivity index (χ4n) is 3.32. The van der Waals surface area contributed by atoms with Crippen LogP contribution in [0.15, 0.2) is 45.1 Å². The van der Waals surface area contributed by atoms with E-state index >= 15 is 0 Å². The minimum absolute atomic E-state index is 0.374. The molecule has 20 heavy (non-hydrogen) atoms. The maximum Gasteiger partial charge on any atom is 0.136 e. The molecule has 1 aliphatic heterocycles. The maximum atomic E-state index is 4.96. The van der Waals surface area contributed by atoms with Crippen LogP contribution in [-0.2, 0) is 0 Å². The van der Waals surface area contributed by atoms with E-state index in [0.717, 1.165) is 31.5 Å². The highest BCUT2D eigenvalue weighted by molar-refractivity contribution is 6.09. The molecule has 3 aliphatic rings. The van der Waals surface area contributed by atoms with Crippen LogP contribution in [0.4, 0.5) is 0 Å². The van der Waals surface area contributed by atoms with E-state index in [-0.39, 0.29) is 0 Å². The molecule has 1 heterocycles. The van der Waals surface area contributed by atoms with Gasteiger partial charge < -0.3 is 0 Å². The van der Waals surface area contributed by atoms with Crippen LogP contribution in [0.5, 0.6) is 0 Å². The summed E-state index contributed by atoms with van der Waals surface area (Å²) in [5, 5.41) is 0. The molecule has 2 aliphatic carbocycles. The molecule has 2 nitrogen and oxygen atoms in total. The van der Waals surface area contributed by atoms with E-state index in [9.17, 15) is 0 Å². The van der Waals surface area contributed by atoms with Crippen molar-refractivity contribution < 1.29 is 0 Å². The van der Waals surface area contributed by atoms with Crippen LogP contribution < -0.4 is 0 Å². The predicted molar refractivity (Wildman–Crippen MR) is 86.3 cm³/mol. The van der Waals surface area contributed by atoms with E-state index in [0.29, 0.717) is 5.92 Å². The zero-order chi connectivity index (χ0) is 13.9. The molecule has 1 atom stereocenters. The molecule has 0 saturated heterocycles. The van der Waals surface area contributed by atoms with Gasteiger partial charge in [0.25, 0.3) is 0 Å². The molecule has 0 N–H and O–H groups in total. The minimum atomic E-state index is 0.374. The third-order valence-electron chi connectivity index (χ3n) is 4.43. The first-order chi connectivity index (χ1) is 9.79. The smallest absolute Gasteiger partial charge is 0.136 e. The first-order valence-electron chi connectivity index (χ1n) is 8.05. The summed E-state index contributed by atoms with van der Waals surface area (Å²) in [7, 11) is 0. The Morgan fingerprint density at radius 1 is 1.25 bits per heavy atom. The lowest BCUT2D eigenvalue weighted by atomic mass is 9.91. The molecule has 3 rings (SSSR count). The van der Waals surface area contributed by atoms with Crippen LogP contribution in [0, 0.1) is 5.92 Å². The summed E-state index contributed by atoms with van der Waals surface area (Å²) < 4.78 is 0. The molecule has 1 unspecified atom stereocenters. The summed E-state index contributed by atoms with van der Waals surface area (Å²) in [6, 6.07) is 0. The average molecular weight is 268 g/mol. The maximum absolute atomic E-state index is 4.96. The van der Waals surface area contributed by atoms with Gasteiger partial charge in [0, 0.05) is 11.6 Å². The van der Waals surface area contributed by atoms with E-state index in [1.165, 1.54) is 41.8 Å². The minimum Gasteiger partial charge on any atom is -0.237 e. The van der Waals surface area contributed by atoms with Crippen LogP contribution in [-0.4, -0.2) is 11.5 Å². The Morgan fingerprint density at radius 3 is 2.85 bits per heavy atom. The number of fused-ring (bicyclic) bond motifs is 1. The van der Waals surface area contributed by atoms with Crippen molar-refractivity contribution in [3.05, 3.63) is 35.1 Å². The van der Waals surface area contributed by atoms with Gasteiger partial charge in [-0.15, -0.1) is 0 Å². The molecule has 0 radical (unpaired) electrons. The molecule has 0 amide bonds. The van der Waals surface area contributed by atoms with Gasteiger partial charge in [0.15, 0.2) is 0 Å². The highest BCUT2D eigenvalue weighted by Gasteiger charge is 2.27. The van der Waals surface area contributed by atoms with Gasteiger partial charge in [0.2, 0.25) is 0 Å². The third kappa shape index (κ3) is 2.56. The second kappa shape index (κ2) is 5.90. The fourth-order valence-corrected chi connectivity index (χ4v) is 3.32. The van der Waals surface area contributed by atoms with E-state index < -0.39 is 0 Å². The second-order valence-electron chi connectivity index (χ2n) is 5.92. The summed E-state index contributed by atoms with van der Waals surface area (Å²) in [6.45, 7) is 4.45. The van der Waals surface area contributed by atoms with Crippen molar-refractivity contribution in [1.82, 2.24) is 0 Å². The predicted octanol–water partition coefficient (Wildman–Crippen LogP) is 4.99. The number of aliphatic imine (C=N–C) groups is 2. The molecule has 0 aromatic rings. The molecular formula is C18H24N2. The van der Waals surface area contributed by atoms with E-state index in [4.69, 9.17) is 9.98 Å². The molecule has 0 aromatic heterocycles. The van der Waals surface area contributed by atoms with Gasteiger partial charge in [-0.05, 0) is 56.1 Å². The lowest BCUT2D eigenvalue weighted by Gasteiger charge is -2.17. The summed E-state index contributed by atoms with van der Waals surface area (Å²) in [6.07, 6.45) is 15.2. The molecule has 0 spiro atoms. The van der Waals surface area contributed by atoms with Crippen molar-refractivity contribution in [3.8, 4) is 0 Å². The van der Waals surface area contributed by atoms with Gasteiger partial charge in [-0.2, -0.15) is 0 Å². The van der Waals surface area contributed by atoms with Crippen LogP contribution in [0.1, 0.15) is 58.8 Å². The molecule has 106 valence electrons. The van der Waals surface area contributed by atoms with Crippen molar-refractivity contribution in [2.45, 2.75) is 58.8 Å². The summed E-state index contributed by atoms with van der Waals surface area (Å²) in [4.78, 5) is 9.73. The Bertz CT molecular complexity index is 544. The second-order valence-corrected chi connectivity index (χ2v) is 5.92. The van der Waals surface area contributed by atoms with Gasteiger partial charge in [-0.3, -0.25) is 0 Å². The van der Waals surface area contributed by atoms with Gasteiger partial charge in [-0.1, -0.05) is 32.1 Å². The Morgan fingerprint density at radius 2 is 2.05 bits per heavy atom. The van der Waals surface area contributed by atoms with Crippen molar-refractivity contribution in [2.75, 3.05) is 0 Å². The standard InChI is InChI=1S/C18H24N2/c1-3-8-14-9-4-6-11-16(14)19-18-13(2)15-10-5-7-12-17(15)20-18/h8,10,12-13H,3-7,9,11H2,1-2H3/b14-8-,19-16?. The van der Waals surface area contributed by atoms with Gasteiger partial charge in [0.1, 0.15) is 5.84 Å². The monoisotopic (exact) mass is 268 g/mol. The van der Waals surface area contributed by atoms with Crippen molar-refractivity contribution in [3.63, 3.8) is 0 Å². The van der Waals surface area contributed by atoms with Crippen molar-refractivity contribution in [1.29, 1.82) is 0 Å². The van der Waals surface area contributed by atoms with Gasteiger partial charge in [-0.25, -0.2) is 9.98 Å². The first-order valence-corrected chi connectivity index (χ1v) is 8.05. The number of hydrogen-bond donors (Lipinski definition) is 0. The number of amidine groups is 1. The van der Waals surface area contributed by atoms with Gasteiger partial charge >= 0.3 is 0 Å². The fraction of sp³-hybridized carbons (Fsp3) is 0.556. The van der Waals surface area contributed by atoms with E-state index in [2.05, 4.69) is 32.1 Å². The van der Waals surface area contributed by atoms with Crippen molar-refractivity contribution >= 4 is 11.5 Å². The average Bonchev–Trinajstić information content (AvgIpc) is 2.79. The van der Waals surface area contributed by atoms with Crippen LogP contribution in [0.25, 0.3) is 0 Å². The Balaban J connectivity index is 1.89. The molecule has 1 fully saturated rings. The lowest BCUT2D eigenvalue weighted by molar-refractivity contribution is 0.730. The third-order valence-corrected chi connectivity index (χ3v) is 4.43. The largest absolute Gasteiger partial charge is 0.237 e. The topological polar surface area (TPSA) is 24.7 Å². The van der Waals surface area contributed by atoms with Crippen LogP contribution >= 0.6 is 0 Å². The normalized spacial score (nSPS) is 30.1. The highest BCUT2D eigenvalue weighted by atomic mass is 15.0. The molecular weight excluding hydrogens is 244 g/mol. The summed E-state index contributed by atoms with van der Waals surface area (Å²) >= 11 is 0. The Hall–Kier alpha value is -1.44. The summed E-state index contributed by atoms with van der Waals surface area (Å²) in [5.41, 5.74) is 5.34. The van der Waals surface area contributed by atoms with E-state index in [1.54, 1.807) is 0 Å². The molecule has 2 heteroatoms. The lowest BCUT2D eigenvalue weighted by Crippen LogP contribution is -2.14. The highest BCUT2D eigenvalue weighted by Crippen LogP contribution is 2.34.